The van der Waals surface area contributed by atoms with Crippen molar-refractivity contribution in [3.63, 3.8) is 0 Å². The van der Waals surface area contributed by atoms with Gasteiger partial charge in [0.25, 0.3) is 5.92 Å². The van der Waals surface area contributed by atoms with Gasteiger partial charge < -0.3 is 9.47 Å². The summed E-state index contributed by atoms with van der Waals surface area (Å²) in [6.45, 7) is 7.90. The first kappa shape index (κ1) is 16.6. The Kier molecular flexibility index (Phi) is 4.09. The van der Waals surface area contributed by atoms with Crippen molar-refractivity contribution in [3.8, 4) is 0 Å². The Bertz CT molecular complexity index is 423. The van der Waals surface area contributed by atoms with E-state index in [-0.39, 0.29) is 23.9 Å². The van der Waals surface area contributed by atoms with Crippen molar-refractivity contribution in [2.24, 2.45) is 29.1 Å². The molecule has 2 saturated carbocycles. The van der Waals surface area contributed by atoms with Gasteiger partial charge in [-0.25, -0.2) is 8.78 Å². The molecule has 1 aliphatic heterocycles. The number of fused-ring (bicyclic) bond motifs is 3. The molecule has 1 heterocycles. The van der Waals surface area contributed by atoms with Gasteiger partial charge in [-0.2, -0.15) is 0 Å². The van der Waals surface area contributed by atoms with Crippen LogP contribution in [0.4, 0.5) is 8.78 Å². The molecule has 22 heavy (non-hydrogen) atoms. The highest BCUT2D eigenvalue weighted by Gasteiger charge is 2.58. The highest BCUT2D eigenvalue weighted by atomic mass is 19.3. The molecule has 3 rings (SSSR count). The molecular weight excluding hydrogens is 286 g/mol. The number of halogens is 2. The molecule has 128 valence electrons. The van der Waals surface area contributed by atoms with E-state index in [2.05, 4.69) is 20.8 Å². The zero-order valence-corrected chi connectivity index (χ0v) is 14.3. The van der Waals surface area contributed by atoms with Crippen LogP contribution < -0.4 is 0 Å². The number of alkyl halides is 2. The molecule has 2 aliphatic carbocycles. The minimum atomic E-state index is -2.79. The summed E-state index contributed by atoms with van der Waals surface area (Å²) in [6, 6.07) is 0. The fourth-order valence-corrected chi connectivity index (χ4v) is 5.18. The predicted octanol–water partition coefficient (Wildman–Crippen LogP) is 4.87. The van der Waals surface area contributed by atoms with E-state index in [9.17, 15) is 8.78 Å². The summed E-state index contributed by atoms with van der Waals surface area (Å²) in [5.41, 5.74) is 0.256. The molecule has 0 aromatic rings. The standard InChI is InChI=1S/C18H30F2O2/c1-5-14-6-13-7-15(9-16(3,4)8-13)18(14)21-10-12(2)17(19,20)11-22-18/h12-15H,5-11H2,1-4H3/t12-,13?,14?,15?,18?/m0/s1. The topological polar surface area (TPSA) is 18.5 Å². The van der Waals surface area contributed by atoms with Crippen molar-refractivity contribution in [2.45, 2.75) is 71.5 Å². The quantitative estimate of drug-likeness (QED) is 0.687. The first-order valence-electron chi connectivity index (χ1n) is 8.84. The molecule has 4 unspecified atom stereocenters. The van der Waals surface area contributed by atoms with Crippen LogP contribution in [0.5, 0.6) is 0 Å². The molecule has 2 nitrogen and oxygen atoms in total. The van der Waals surface area contributed by atoms with Gasteiger partial charge >= 0.3 is 0 Å². The van der Waals surface area contributed by atoms with Crippen LogP contribution in [0.2, 0.25) is 0 Å². The van der Waals surface area contributed by atoms with E-state index < -0.39 is 24.2 Å². The second-order valence-corrected chi connectivity index (χ2v) is 8.70. The Hall–Kier alpha value is -0.220. The summed E-state index contributed by atoms with van der Waals surface area (Å²) in [6.07, 6.45) is 5.31. The molecule has 2 bridgehead atoms. The highest BCUT2D eigenvalue weighted by Crippen LogP contribution is 2.57. The van der Waals surface area contributed by atoms with E-state index >= 15 is 0 Å². The minimum Gasteiger partial charge on any atom is -0.349 e. The highest BCUT2D eigenvalue weighted by molar-refractivity contribution is 5.01. The Morgan fingerprint density at radius 2 is 1.82 bits per heavy atom. The number of hydrogen-bond acceptors (Lipinski definition) is 2. The van der Waals surface area contributed by atoms with Gasteiger partial charge in [-0.1, -0.05) is 27.7 Å². The molecule has 0 aromatic heterocycles. The third-order valence-corrected chi connectivity index (χ3v) is 6.28. The third kappa shape index (κ3) is 2.71. The van der Waals surface area contributed by atoms with Crippen LogP contribution >= 0.6 is 0 Å². The molecule has 4 heteroatoms. The van der Waals surface area contributed by atoms with Crippen molar-refractivity contribution >= 4 is 0 Å². The van der Waals surface area contributed by atoms with Crippen LogP contribution in [0.1, 0.15) is 59.8 Å². The molecule has 0 radical (unpaired) electrons. The van der Waals surface area contributed by atoms with E-state index in [1.807, 2.05) is 0 Å². The zero-order valence-electron chi connectivity index (χ0n) is 14.3. The van der Waals surface area contributed by atoms with Gasteiger partial charge in [-0.05, 0) is 43.4 Å². The van der Waals surface area contributed by atoms with Crippen LogP contribution in [-0.4, -0.2) is 24.9 Å². The normalized spacial score (nSPS) is 47.2. The van der Waals surface area contributed by atoms with Gasteiger partial charge in [-0.3, -0.25) is 0 Å². The summed E-state index contributed by atoms with van der Waals surface area (Å²) in [5, 5.41) is 0. The number of hydrogen-bond donors (Lipinski definition) is 0. The maximum absolute atomic E-state index is 14.1. The molecule has 1 spiro atoms. The number of ether oxygens (including phenoxy) is 2. The number of rotatable bonds is 1. The lowest BCUT2D eigenvalue weighted by Gasteiger charge is -2.56. The van der Waals surface area contributed by atoms with E-state index in [1.54, 1.807) is 6.92 Å². The summed E-state index contributed by atoms with van der Waals surface area (Å²) in [5.74, 6) is -3.16. The Balaban J connectivity index is 1.91. The smallest absolute Gasteiger partial charge is 0.275 e. The third-order valence-electron chi connectivity index (χ3n) is 6.28. The predicted molar refractivity (Wildman–Crippen MR) is 81.8 cm³/mol. The maximum atomic E-state index is 14.1. The monoisotopic (exact) mass is 316 g/mol. The molecule has 5 atom stereocenters. The van der Waals surface area contributed by atoms with Crippen molar-refractivity contribution < 1.29 is 18.3 Å². The SMILES string of the molecule is CCC1CC2CC(CC(C)(C)C2)C12OC[C@H](C)C(F)(F)CO2. The maximum Gasteiger partial charge on any atom is 0.275 e. The summed E-state index contributed by atoms with van der Waals surface area (Å²) in [4.78, 5) is 0. The molecule has 0 amide bonds. The molecule has 3 aliphatic rings. The lowest BCUT2D eigenvalue weighted by atomic mass is 9.57. The van der Waals surface area contributed by atoms with Gasteiger partial charge in [0.1, 0.15) is 6.61 Å². The second kappa shape index (κ2) is 5.41. The van der Waals surface area contributed by atoms with E-state index in [1.165, 1.54) is 6.42 Å². The average Bonchev–Trinajstić information content (AvgIpc) is 2.53. The largest absolute Gasteiger partial charge is 0.349 e. The Morgan fingerprint density at radius 3 is 2.50 bits per heavy atom. The fraction of sp³-hybridized carbons (Fsp3) is 1.00. The Labute approximate surface area is 132 Å². The lowest BCUT2D eigenvalue weighted by Crippen LogP contribution is -2.57. The summed E-state index contributed by atoms with van der Waals surface area (Å²) >= 11 is 0. The van der Waals surface area contributed by atoms with Crippen LogP contribution in [0.3, 0.4) is 0 Å². The Morgan fingerprint density at radius 1 is 1.09 bits per heavy atom. The zero-order chi connectivity index (χ0) is 16.2. The van der Waals surface area contributed by atoms with Crippen molar-refractivity contribution in [2.75, 3.05) is 13.2 Å². The van der Waals surface area contributed by atoms with E-state index in [0.29, 0.717) is 5.92 Å². The van der Waals surface area contributed by atoms with Gasteiger partial charge in [-0.15, -0.1) is 0 Å². The van der Waals surface area contributed by atoms with Crippen molar-refractivity contribution in [1.29, 1.82) is 0 Å². The molecule has 1 saturated heterocycles. The van der Waals surface area contributed by atoms with Crippen LogP contribution in [0, 0.1) is 29.1 Å². The summed E-state index contributed by atoms with van der Waals surface area (Å²) < 4.78 is 40.3. The van der Waals surface area contributed by atoms with Crippen molar-refractivity contribution in [1.82, 2.24) is 0 Å². The van der Waals surface area contributed by atoms with Gasteiger partial charge in [0.2, 0.25) is 0 Å². The van der Waals surface area contributed by atoms with Gasteiger partial charge in [0.05, 0.1) is 6.61 Å². The molecule has 0 aromatic carbocycles. The average molecular weight is 316 g/mol. The van der Waals surface area contributed by atoms with Gasteiger partial charge in [0.15, 0.2) is 5.79 Å². The van der Waals surface area contributed by atoms with E-state index in [4.69, 9.17) is 9.47 Å². The van der Waals surface area contributed by atoms with E-state index in [0.717, 1.165) is 25.7 Å². The molecular formula is C18H30F2O2. The van der Waals surface area contributed by atoms with Crippen molar-refractivity contribution in [3.05, 3.63) is 0 Å². The van der Waals surface area contributed by atoms with Crippen LogP contribution in [0.15, 0.2) is 0 Å². The van der Waals surface area contributed by atoms with Crippen LogP contribution in [0.25, 0.3) is 0 Å². The first-order valence-corrected chi connectivity index (χ1v) is 8.84. The summed E-state index contributed by atoms with van der Waals surface area (Å²) in [7, 11) is 0. The molecule has 0 N–H and O–H groups in total. The van der Waals surface area contributed by atoms with Crippen LogP contribution in [-0.2, 0) is 9.47 Å². The second-order valence-electron chi connectivity index (χ2n) is 8.70. The minimum absolute atomic E-state index is 0.102. The molecule has 3 fully saturated rings. The fourth-order valence-electron chi connectivity index (χ4n) is 5.18. The lowest BCUT2D eigenvalue weighted by molar-refractivity contribution is -0.321. The first-order chi connectivity index (χ1) is 10.2. The van der Waals surface area contributed by atoms with Gasteiger partial charge in [0, 0.05) is 17.8 Å².